The van der Waals surface area contributed by atoms with Crippen molar-refractivity contribution in [2.45, 2.75) is 18.2 Å². The van der Waals surface area contributed by atoms with E-state index < -0.39 is 0 Å². The van der Waals surface area contributed by atoms with E-state index in [2.05, 4.69) is 16.0 Å². The Labute approximate surface area is 155 Å². The van der Waals surface area contributed by atoms with Gasteiger partial charge in [0.05, 0.1) is 29.6 Å². The molecule has 5 nitrogen and oxygen atoms in total. The number of hydrogen-bond acceptors (Lipinski definition) is 4. The molecule has 6 heteroatoms. The predicted octanol–water partition coefficient (Wildman–Crippen LogP) is 3.46. The van der Waals surface area contributed by atoms with Gasteiger partial charge in [0.15, 0.2) is 5.16 Å². The van der Waals surface area contributed by atoms with Crippen molar-refractivity contribution in [2.75, 3.05) is 5.75 Å². The maximum atomic E-state index is 12.5. The molecular formula is C20H16N4OS. The zero-order chi connectivity index (χ0) is 17.9. The Balaban J connectivity index is 1.58. The maximum Gasteiger partial charge on any atom is 0.251 e. The summed E-state index contributed by atoms with van der Waals surface area (Å²) in [6.07, 6.45) is 0. The summed E-state index contributed by atoms with van der Waals surface area (Å²) in [5, 5.41) is 12.9. The molecule has 0 radical (unpaired) electrons. The minimum atomic E-state index is -0.158. The van der Waals surface area contributed by atoms with Gasteiger partial charge in [-0.2, -0.15) is 5.26 Å². The van der Waals surface area contributed by atoms with Crippen molar-refractivity contribution in [2.24, 2.45) is 0 Å². The zero-order valence-corrected chi connectivity index (χ0v) is 14.8. The molecule has 0 fully saturated rings. The first-order chi connectivity index (χ1) is 12.8. The molecule has 3 aromatic rings. The van der Waals surface area contributed by atoms with E-state index in [1.807, 2.05) is 30.3 Å². The molecule has 1 N–H and O–H groups in total. The topological polar surface area (TPSA) is 70.7 Å². The quantitative estimate of drug-likeness (QED) is 0.773. The molecule has 4 rings (SSSR count). The Morgan fingerprint density at radius 3 is 2.69 bits per heavy atom. The number of carbonyl (C=O) groups is 1. The van der Waals surface area contributed by atoms with Crippen molar-refractivity contribution in [3.8, 4) is 17.3 Å². The van der Waals surface area contributed by atoms with Crippen LogP contribution in [0.5, 0.6) is 0 Å². The standard InChI is InChI=1S/C20H16N4OS/c21-12-14-6-8-16(9-7-14)19(25)22-13-17-18(15-4-2-1-3-5-15)23-20-24(17)10-11-26-20/h1-9H,10-11,13H2,(H,22,25). The molecule has 0 spiro atoms. The van der Waals surface area contributed by atoms with Gasteiger partial charge in [0.1, 0.15) is 0 Å². The van der Waals surface area contributed by atoms with Gasteiger partial charge in [-0.1, -0.05) is 42.1 Å². The number of thioether (sulfide) groups is 1. The highest BCUT2D eigenvalue weighted by Crippen LogP contribution is 2.33. The molecular weight excluding hydrogens is 344 g/mol. The molecule has 128 valence electrons. The van der Waals surface area contributed by atoms with Crippen LogP contribution in [0.1, 0.15) is 21.6 Å². The Hall–Kier alpha value is -3.04. The predicted molar refractivity (Wildman–Crippen MR) is 101 cm³/mol. The second kappa shape index (κ2) is 7.06. The number of rotatable bonds is 4. The van der Waals surface area contributed by atoms with Crippen molar-refractivity contribution in [3.05, 3.63) is 71.4 Å². The molecule has 0 atom stereocenters. The number of nitrogens with zero attached hydrogens (tertiary/aromatic N) is 3. The van der Waals surface area contributed by atoms with Crippen molar-refractivity contribution < 1.29 is 4.79 Å². The van der Waals surface area contributed by atoms with Crippen molar-refractivity contribution in [1.29, 1.82) is 5.26 Å². The summed E-state index contributed by atoms with van der Waals surface area (Å²) < 4.78 is 2.19. The minimum absolute atomic E-state index is 0.158. The van der Waals surface area contributed by atoms with E-state index in [9.17, 15) is 4.79 Å². The van der Waals surface area contributed by atoms with Crippen molar-refractivity contribution in [3.63, 3.8) is 0 Å². The van der Waals surface area contributed by atoms with Crippen LogP contribution in [-0.4, -0.2) is 21.2 Å². The van der Waals surface area contributed by atoms with Gasteiger partial charge in [-0.05, 0) is 24.3 Å². The molecule has 2 heterocycles. The van der Waals surface area contributed by atoms with Crippen LogP contribution in [-0.2, 0) is 13.1 Å². The van der Waals surface area contributed by atoms with Gasteiger partial charge in [-0.3, -0.25) is 4.79 Å². The van der Waals surface area contributed by atoms with Gasteiger partial charge in [0, 0.05) is 23.4 Å². The largest absolute Gasteiger partial charge is 0.346 e. The molecule has 1 amide bonds. The lowest BCUT2D eigenvalue weighted by atomic mass is 10.1. The lowest BCUT2D eigenvalue weighted by molar-refractivity contribution is 0.0950. The Bertz CT molecular complexity index is 987. The number of carbonyl (C=O) groups excluding carboxylic acids is 1. The summed E-state index contributed by atoms with van der Waals surface area (Å²) in [5.74, 6) is 0.850. The van der Waals surface area contributed by atoms with Gasteiger partial charge < -0.3 is 9.88 Å². The molecule has 0 unspecified atom stereocenters. The SMILES string of the molecule is N#Cc1ccc(C(=O)NCc2c(-c3ccccc3)nc3n2CCS3)cc1. The van der Waals surface area contributed by atoms with Crippen LogP contribution >= 0.6 is 11.8 Å². The molecule has 0 bridgehead atoms. The van der Waals surface area contributed by atoms with E-state index in [0.717, 1.165) is 34.4 Å². The monoisotopic (exact) mass is 360 g/mol. The van der Waals surface area contributed by atoms with Crippen LogP contribution in [0.2, 0.25) is 0 Å². The number of benzene rings is 2. The molecule has 0 saturated carbocycles. The van der Waals surface area contributed by atoms with Gasteiger partial charge >= 0.3 is 0 Å². The second-order valence-electron chi connectivity index (χ2n) is 5.93. The van der Waals surface area contributed by atoms with Crippen LogP contribution in [0, 0.1) is 11.3 Å². The van der Waals surface area contributed by atoms with Crippen molar-refractivity contribution in [1.82, 2.24) is 14.9 Å². The smallest absolute Gasteiger partial charge is 0.251 e. The van der Waals surface area contributed by atoms with Gasteiger partial charge in [0.25, 0.3) is 5.91 Å². The number of amides is 1. The van der Waals surface area contributed by atoms with Crippen LogP contribution in [0.25, 0.3) is 11.3 Å². The fourth-order valence-electron chi connectivity index (χ4n) is 3.00. The number of nitriles is 1. The summed E-state index contributed by atoms with van der Waals surface area (Å²) in [6.45, 7) is 1.32. The molecule has 2 aromatic carbocycles. The third-order valence-electron chi connectivity index (χ3n) is 4.32. The lowest BCUT2D eigenvalue weighted by Crippen LogP contribution is -2.24. The fourth-order valence-corrected chi connectivity index (χ4v) is 3.97. The normalized spacial score (nSPS) is 12.4. The Morgan fingerprint density at radius 1 is 1.19 bits per heavy atom. The summed E-state index contributed by atoms with van der Waals surface area (Å²) >= 11 is 1.74. The molecule has 1 aromatic heterocycles. The van der Waals surface area contributed by atoms with E-state index in [4.69, 9.17) is 10.2 Å². The first-order valence-corrected chi connectivity index (χ1v) is 9.31. The summed E-state index contributed by atoms with van der Waals surface area (Å²) in [5.41, 5.74) is 4.09. The molecule has 1 aliphatic rings. The Morgan fingerprint density at radius 2 is 1.96 bits per heavy atom. The highest BCUT2D eigenvalue weighted by Gasteiger charge is 2.22. The number of imidazole rings is 1. The summed E-state index contributed by atoms with van der Waals surface area (Å²) in [6, 6.07) is 18.7. The summed E-state index contributed by atoms with van der Waals surface area (Å²) in [4.78, 5) is 17.2. The minimum Gasteiger partial charge on any atom is -0.346 e. The van der Waals surface area contributed by atoms with Gasteiger partial charge in [-0.25, -0.2) is 4.98 Å². The number of hydrogen-bond donors (Lipinski definition) is 1. The first kappa shape index (κ1) is 16.4. The molecule has 0 aliphatic carbocycles. The van der Waals surface area contributed by atoms with Crippen LogP contribution < -0.4 is 5.32 Å². The average Bonchev–Trinajstić information content (AvgIpc) is 3.28. The number of aromatic nitrogens is 2. The fraction of sp³-hybridized carbons (Fsp3) is 0.150. The van der Waals surface area contributed by atoms with Gasteiger partial charge in [0.2, 0.25) is 0 Å². The lowest BCUT2D eigenvalue weighted by Gasteiger charge is -2.10. The van der Waals surface area contributed by atoms with E-state index >= 15 is 0 Å². The average molecular weight is 360 g/mol. The van der Waals surface area contributed by atoms with E-state index in [1.165, 1.54) is 0 Å². The molecule has 0 saturated heterocycles. The second-order valence-corrected chi connectivity index (χ2v) is 6.99. The molecule has 1 aliphatic heterocycles. The van der Waals surface area contributed by atoms with Crippen LogP contribution in [0.4, 0.5) is 0 Å². The van der Waals surface area contributed by atoms with Gasteiger partial charge in [-0.15, -0.1) is 0 Å². The number of nitrogens with one attached hydrogen (secondary N) is 1. The Kier molecular flexibility index (Phi) is 4.46. The third-order valence-corrected chi connectivity index (χ3v) is 5.28. The third kappa shape index (κ3) is 3.09. The summed E-state index contributed by atoms with van der Waals surface area (Å²) in [7, 11) is 0. The van der Waals surface area contributed by atoms with Crippen LogP contribution in [0.3, 0.4) is 0 Å². The maximum absolute atomic E-state index is 12.5. The van der Waals surface area contributed by atoms with E-state index in [0.29, 0.717) is 17.7 Å². The van der Waals surface area contributed by atoms with E-state index in [1.54, 1.807) is 36.0 Å². The highest BCUT2D eigenvalue weighted by atomic mass is 32.2. The van der Waals surface area contributed by atoms with Crippen LogP contribution in [0.15, 0.2) is 59.8 Å². The number of fused-ring (bicyclic) bond motifs is 1. The first-order valence-electron chi connectivity index (χ1n) is 8.32. The molecule has 26 heavy (non-hydrogen) atoms. The zero-order valence-electron chi connectivity index (χ0n) is 14.0. The van der Waals surface area contributed by atoms with Crippen molar-refractivity contribution >= 4 is 17.7 Å². The highest BCUT2D eigenvalue weighted by molar-refractivity contribution is 7.99. The van der Waals surface area contributed by atoms with E-state index in [-0.39, 0.29) is 5.91 Å².